The first-order valence-corrected chi connectivity index (χ1v) is 14.6. The Morgan fingerprint density at radius 3 is 2.08 bits per heavy atom. The van der Waals surface area contributed by atoms with Crippen LogP contribution in [0.15, 0.2) is 46.9 Å². The minimum atomic E-state index is -4.56. The summed E-state index contributed by atoms with van der Waals surface area (Å²) in [5.74, 6) is -3.21. The second-order valence-electron chi connectivity index (χ2n) is 9.91. The lowest BCUT2D eigenvalue weighted by atomic mass is 10.1. The number of nitrogens with one attached hydrogen (secondary N) is 1. The summed E-state index contributed by atoms with van der Waals surface area (Å²) in [5, 5.41) is 12.1. The van der Waals surface area contributed by atoms with Gasteiger partial charge in [0.2, 0.25) is 0 Å². The van der Waals surface area contributed by atoms with Gasteiger partial charge in [-0.3, -0.25) is 9.59 Å². The molecule has 220 valence electrons. The Balaban J connectivity index is 1.90. The summed E-state index contributed by atoms with van der Waals surface area (Å²) in [6, 6.07) is 9.14. The number of amides is 2. The average Bonchev–Trinajstić information content (AvgIpc) is 2.91. The first kappa shape index (κ1) is 33.3. The number of unbranched alkanes of at least 4 members (excludes halogenated alkanes) is 9. The number of carbonyl (C=O) groups excluding carboxylic acids is 2. The summed E-state index contributed by atoms with van der Waals surface area (Å²) >= 11 is 3.38. The molecular formula is C30H38BrF3N2O4. The van der Waals surface area contributed by atoms with Gasteiger partial charge in [-0.1, -0.05) is 98.8 Å². The van der Waals surface area contributed by atoms with Crippen molar-refractivity contribution in [2.45, 2.75) is 90.4 Å². The summed E-state index contributed by atoms with van der Waals surface area (Å²) in [6.07, 6.45) is 7.47. The predicted molar refractivity (Wildman–Crippen MR) is 152 cm³/mol. The third-order valence-electron chi connectivity index (χ3n) is 6.59. The van der Waals surface area contributed by atoms with Crippen LogP contribution in [0.4, 0.5) is 13.2 Å². The molecule has 0 aliphatic heterocycles. The molecular weight excluding hydrogens is 589 g/mol. The molecule has 0 unspecified atom stereocenters. The molecule has 2 N–H and O–H groups in total. The SMILES string of the molecule is CCCCCCCCCCCCNC(=O)c1ccc(CN(Cc2cccc(C(F)(F)F)c2)C(=O)C(=O)O)c(Br)c1. The predicted octanol–water partition coefficient (Wildman–Crippen LogP) is 7.73. The van der Waals surface area contributed by atoms with E-state index in [1.54, 1.807) is 18.2 Å². The van der Waals surface area contributed by atoms with E-state index in [9.17, 15) is 32.7 Å². The van der Waals surface area contributed by atoms with Crippen LogP contribution in [0.25, 0.3) is 0 Å². The molecule has 0 saturated heterocycles. The van der Waals surface area contributed by atoms with Gasteiger partial charge in [0.1, 0.15) is 0 Å². The van der Waals surface area contributed by atoms with E-state index in [4.69, 9.17) is 0 Å². The molecule has 40 heavy (non-hydrogen) atoms. The van der Waals surface area contributed by atoms with Crippen molar-refractivity contribution in [1.82, 2.24) is 10.2 Å². The maximum absolute atomic E-state index is 13.1. The zero-order chi connectivity index (χ0) is 29.5. The molecule has 0 atom stereocenters. The maximum Gasteiger partial charge on any atom is 0.416 e. The van der Waals surface area contributed by atoms with Crippen molar-refractivity contribution >= 4 is 33.7 Å². The van der Waals surface area contributed by atoms with Crippen molar-refractivity contribution in [1.29, 1.82) is 0 Å². The van der Waals surface area contributed by atoms with Crippen LogP contribution < -0.4 is 5.32 Å². The Kier molecular flexibility index (Phi) is 14.2. The second-order valence-corrected chi connectivity index (χ2v) is 10.8. The molecule has 0 spiro atoms. The van der Waals surface area contributed by atoms with Crippen LogP contribution >= 0.6 is 15.9 Å². The third kappa shape index (κ3) is 11.7. The Bertz CT molecular complexity index is 1120. The lowest BCUT2D eigenvalue weighted by Gasteiger charge is -2.22. The summed E-state index contributed by atoms with van der Waals surface area (Å²) in [5.41, 5.74) is 0.162. The number of aliphatic carboxylic acids is 1. The van der Waals surface area contributed by atoms with Crippen molar-refractivity contribution in [3.05, 3.63) is 69.2 Å². The molecule has 2 aromatic rings. The standard InChI is InChI=1S/C30H38BrF3N2O4/c1-2-3-4-5-6-7-8-9-10-11-17-35-27(37)23-15-16-24(26(31)19-23)21-36(28(38)29(39)40)20-22-13-12-14-25(18-22)30(32,33)34/h12-16,18-19H,2-11,17,20-21H2,1H3,(H,35,37)(H,39,40). The van der Waals surface area contributed by atoms with Gasteiger partial charge >= 0.3 is 18.1 Å². The molecule has 10 heteroatoms. The second kappa shape index (κ2) is 17.0. The van der Waals surface area contributed by atoms with Gasteiger partial charge in [0.15, 0.2) is 0 Å². The van der Waals surface area contributed by atoms with E-state index in [2.05, 4.69) is 28.2 Å². The van der Waals surface area contributed by atoms with Gasteiger partial charge in [0.25, 0.3) is 5.91 Å². The number of carboxylic acids is 1. The normalized spacial score (nSPS) is 11.3. The number of carboxylic acid groups (broad SMARTS) is 1. The third-order valence-corrected chi connectivity index (χ3v) is 7.33. The van der Waals surface area contributed by atoms with Crippen molar-refractivity contribution in [3.63, 3.8) is 0 Å². The summed E-state index contributed by atoms with van der Waals surface area (Å²) in [4.78, 5) is 37.2. The number of carbonyl (C=O) groups is 3. The Labute approximate surface area is 242 Å². The van der Waals surface area contributed by atoms with Gasteiger partial charge in [0.05, 0.1) is 5.56 Å². The monoisotopic (exact) mass is 626 g/mol. The zero-order valence-corrected chi connectivity index (χ0v) is 24.5. The van der Waals surface area contributed by atoms with Crippen LogP contribution in [0.1, 0.15) is 98.2 Å². The van der Waals surface area contributed by atoms with E-state index in [1.165, 1.54) is 57.1 Å². The molecule has 2 aromatic carbocycles. The van der Waals surface area contributed by atoms with Gasteiger partial charge in [-0.25, -0.2) is 4.79 Å². The van der Waals surface area contributed by atoms with E-state index in [0.717, 1.165) is 36.3 Å². The smallest absolute Gasteiger partial charge is 0.416 e. The number of hydrogen-bond donors (Lipinski definition) is 2. The van der Waals surface area contributed by atoms with Gasteiger partial charge in [0, 0.05) is 29.7 Å². The first-order chi connectivity index (χ1) is 19.0. The molecule has 0 aliphatic carbocycles. The molecule has 2 amide bonds. The molecule has 2 rings (SSSR count). The first-order valence-electron chi connectivity index (χ1n) is 13.8. The molecule has 0 fully saturated rings. The quantitative estimate of drug-likeness (QED) is 0.147. The highest BCUT2D eigenvalue weighted by molar-refractivity contribution is 9.10. The van der Waals surface area contributed by atoms with Crippen LogP contribution in [-0.2, 0) is 28.9 Å². The topological polar surface area (TPSA) is 86.7 Å². The van der Waals surface area contributed by atoms with Crippen LogP contribution in [0.5, 0.6) is 0 Å². The van der Waals surface area contributed by atoms with Gasteiger partial charge in [-0.05, 0) is 41.8 Å². The number of alkyl halides is 3. The average molecular weight is 628 g/mol. The fourth-order valence-electron chi connectivity index (χ4n) is 4.34. The highest BCUT2D eigenvalue weighted by Gasteiger charge is 2.31. The van der Waals surface area contributed by atoms with E-state index in [0.29, 0.717) is 22.1 Å². The largest absolute Gasteiger partial charge is 0.474 e. The van der Waals surface area contributed by atoms with Crippen LogP contribution in [0.2, 0.25) is 0 Å². The lowest BCUT2D eigenvalue weighted by molar-refractivity contribution is -0.156. The van der Waals surface area contributed by atoms with E-state index >= 15 is 0 Å². The van der Waals surface area contributed by atoms with Crippen molar-refractivity contribution in [2.24, 2.45) is 0 Å². The van der Waals surface area contributed by atoms with Gasteiger partial charge < -0.3 is 15.3 Å². The molecule has 0 heterocycles. The number of rotatable bonds is 16. The van der Waals surface area contributed by atoms with Crippen molar-refractivity contribution < 1.29 is 32.7 Å². The molecule has 0 aromatic heterocycles. The van der Waals surface area contributed by atoms with Crippen molar-refractivity contribution in [3.8, 4) is 0 Å². The van der Waals surface area contributed by atoms with Crippen LogP contribution in [-0.4, -0.2) is 34.3 Å². The summed E-state index contributed by atoms with van der Waals surface area (Å²) < 4.78 is 39.7. The zero-order valence-electron chi connectivity index (χ0n) is 22.9. The number of halogens is 4. The molecule has 0 radical (unpaired) electrons. The Morgan fingerprint density at radius 1 is 0.875 bits per heavy atom. The van der Waals surface area contributed by atoms with E-state index in [1.807, 2.05) is 0 Å². The molecule has 0 aliphatic rings. The number of hydrogen-bond acceptors (Lipinski definition) is 3. The highest BCUT2D eigenvalue weighted by Crippen LogP contribution is 2.30. The molecule has 6 nitrogen and oxygen atoms in total. The van der Waals surface area contributed by atoms with Crippen LogP contribution in [0.3, 0.4) is 0 Å². The van der Waals surface area contributed by atoms with E-state index < -0.39 is 23.6 Å². The fourth-order valence-corrected chi connectivity index (χ4v) is 4.84. The lowest BCUT2D eigenvalue weighted by Crippen LogP contribution is -2.35. The van der Waals surface area contributed by atoms with Crippen molar-refractivity contribution in [2.75, 3.05) is 6.54 Å². The highest BCUT2D eigenvalue weighted by atomic mass is 79.9. The summed E-state index contributed by atoms with van der Waals surface area (Å²) in [6.45, 7) is 2.27. The number of benzene rings is 2. The number of nitrogens with zero attached hydrogens (tertiary/aromatic N) is 1. The van der Waals surface area contributed by atoms with Gasteiger partial charge in [-0.2, -0.15) is 13.2 Å². The summed E-state index contributed by atoms with van der Waals surface area (Å²) in [7, 11) is 0. The fraction of sp³-hybridized carbons (Fsp3) is 0.500. The molecule has 0 saturated carbocycles. The van der Waals surface area contributed by atoms with E-state index in [-0.39, 0.29) is 24.6 Å². The molecule has 0 bridgehead atoms. The van der Waals surface area contributed by atoms with Gasteiger partial charge in [-0.15, -0.1) is 0 Å². The van der Waals surface area contributed by atoms with Crippen LogP contribution in [0, 0.1) is 0 Å². The Hall–Kier alpha value is -2.88. The maximum atomic E-state index is 13.1. The minimum absolute atomic E-state index is 0.142. The minimum Gasteiger partial charge on any atom is -0.474 e. The Morgan fingerprint density at radius 2 is 1.50 bits per heavy atom.